The van der Waals surface area contributed by atoms with E-state index in [1.165, 1.54) is 16.8 Å². The maximum atomic E-state index is 4.87. The number of pyridine rings is 1. The molecule has 1 saturated heterocycles. The summed E-state index contributed by atoms with van der Waals surface area (Å²) in [7, 11) is 0. The molecule has 124 valence electrons. The van der Waals surface area contributed by atoms with E-state index in [0.717, 1.165) is 50.2 Å². The molecule has 0 aliphatic carbocycles. The van der Waals surface area contributed by atoms with Gasteiger partial charge in [-0.25, -0.2) is 4.63 Å². The molecule has 6 heteroatoms. The average molecular weight is 323 g/mol. The predicted octanol–water partition coefficient (Wildman–Crippen LogP) is 2.64. The van der Waals surface area contributed by atoms with E-state index in [1.807, 2.05) is 24.5 Å². The molecule has 0 bridgehead atoms. The highest BCUT2D eigenvalue weighted by atomic mass is 16.6. The van der Waals surface area contributed by atoms with Crippen LogP contribution < -0.4 is 4.90 Å². The van der Waals surface area contributed by atoms with E-state index in [1.54, 1.807) is 0 Å². The highest BCUT2D eigenvalue weighted by Gasteiger charge is 2.18. The fourth-order valence-corrected chi connectivity index (χ4v) is 3.42. The van der Waals surface area contributed by atoms with Gasteiger partial charge in [0.2, 0.25) is 0 Å². The second-order valence-electron chi connectivity index (χ2n) is 6.33. The fraction of sp³-hybridized carbons (Fsp3) is 0.389. The van der Waals surface area contributed by atoms with Crippen molar-refractivity contribution in [3.8, 4) is 0 Å². The van der Waals surface area contributed by atoms with Crippen molar-refractivity contribution in [3.63, 3.8) is 0 Å². The van der Waals surface area contributed by atoms with Crippen LogP contribution in [0.25, 0.3) is 11.0 Å². The van der Waals surface area contributed by atoms with Gasteiger partial charge in [-0.15, -0.1) is 0 Å². The fourth-order valence-electron chi connectivity index (χ4n) is 3.42. The maximum absolute atomic E-state index is 4.87. The van der Waals surface area contributed by atoms with Gasteiger partial charge in [-0.3, -0.25) is 9.88 Å². The summed E-state index contributed by atoms with van der Waals surface area (Å²) in [5.74, 6) is 0. The van der Waals surface area contributed by atoms with Crippen LogP contribution in [0.2, 0.25) is 0 Å². The van der Waals surface area contributed by atoms with Crippen LogP contribution in [0, 0.1) is 6.92 Å². The third-order valence-electron chi connectivity index (χ3n) is 4.68. The van der Waals surface area contributed by atoms with Gasteiger partial charge in [0.15, 0.2) is 0 Å². The van der Waals surface area contributed by atoms with Crippen LogP contribution in [0.4, 0.5) is 5.69 Å². The van der Waals surface area contributed by atoms with Gasteiger partial charge in [0.05, 0.1) is 0 Å². The number of hydrogen-bond acceptors (Lipinski definition) is 6. The summed E-state index contributed by atoms with van der Waals surface area (Å²) in [6.07, 6.45) is 4.97. The molecule has 0 spiro atoms. The average Bonchev–Trinajstić information content (AvgIpc) is 2.97. The van der Waals surface area contributed by atoms with Crippen molar-refractivity contribution in [2.75, 3.05) is 31.1 Å². The molecule has 24 heavy (non-hydrogen) atoms. The van der Waals surface area contributed by atoms with E-state index in [2.05, 4.69) is 44.2 Å². The summed E-state index contributed by atoms with van der Waals surface area (Å²) >= 11 is 0. The number of benzene rings is 1. The first-order valence-corrected chi connectivity index (χ1v) is 8.39. The zero-order chi connectivity index (χ0) is 16.4. The summed E-state index contributed by atoms with van der Waals surface area (Å²) in [5, 5.41) is 7.99. The number of nitrogens with zero attached hydrogens (tertiary/aromatic N) is 5. The van der Waals surface area contributed by atoms with Gasteiger partial charge < -0.3 is 4.90 Å². The molecule has 0 N–H and O–H groups in total. The van der Waals surface area contributed by atoms with Crippen molar-refractivity contribution in [2.45, 2.75) is 19.9 Å². The summed E-state index contributed by atoms with van der Waals surface area (Å²) < 4.78 is 4.87. The first-order valence-electron chi connectivity index (χ1n) is 8.39. The number of hydrogen-bond donors (Lipinski definition) is 0. The Morgan fingerprint density at radius 2 is 2.04 bits per heavy atom. The molecule has 0 saturated carbocycles. The van der Waals surface area contributed by atoms with Crippen LogP contribution in [0.5, 0.6) is 0 Å². The minimum Gasteiger partial charge on any atom is -0.370 e. The van der Waals surface area contributed by atoms with Crippen LogP contribution in [0.3, 0.4) is 0 Å². The third-order valence-corrected chi connectivity index (χ3v) is 4.68. The molecule has 3 aromatic rings. The summed E-state index contributed by atoms with van der Waals surface area (Å²) in [5.41, 5.74) is 5.43. The lowest BCUT2D eigenvalue weighted by molar-refractivity contribution is 0.285. The van der Waals surface area contributed by atoms with Crippen LogP contribution in [-0.4, -0.2) is 46.4 Å². The molecule has 0 amide bonds. The smallest absolute Gasteiger partial charge is 0.139 e. The standard InChI is InChI=1S/C18H21N5O/c1-14-12-19-7-6-17(14)23-9-3-8-22(10-11-23)13-15-4-2-5-16-18(15)21-24-20-16/h2,4-7,12H,3,8-11,13H2,1H3. The van der Waals surface area contributed by atoms with Gasteiger partial charge in [0.1, 0.15) is 11.0 Å². The van der Waals surface area contributed by atoms with Gasteiger partial charge in [0, 0.05) is 50.8 Å². The quantitative estimate of drug-likeness (QED) is 0.738. The molecule has 4 rings (SSSR count). The first-order chi connectivity index (χ1) is 11.8. The molecule has 1 aliphatic heterocycles. The molecule has 0 atom stereocenters. The predicted molar refractivity (Wildman–Crippen MR) is 92.9 cm³/mol. The van der Waals surface area contributed by atoms with Crippen molar-refractivity contribution in [1.82, 2.24) is 20.2 Å². The van der Waals surface area contributed by atoms with Crippen molar-refractivity contribution in [1.29, 1.82) is 0 Å². The highest BCUT2D eigenvalue weighted by Crippen LogP contribution is 2.21. The molecule has 2 aromatic heterocycles. The van der Waals surface area contributed by atoms with E-state index in [4.69, 9.17) is 4.63 Å². The Labute approximate surface area is 141 Å². The molecule has 3 heterocycles. The molecule has 6 nitrogen and oxygen atoms in total. The Bertz CT molecular complexity index is 831. The van der Waals surface area contributed by atoms with Crippen molar-refractivity contribution in [2.24, 2.45) is 0 Å². The minimum atomic E-state index is 0.830. The van der Waals surface area contributed by atoms with Crippen molar-refractivity contribution >= 4 is 16.7 Å². The molecule has 0 unspecified atom stereocenters. The van der Waals surface area contributed by atoms with E-state index >= 15 is 0 Å². The number of aromatic nitrogens is 3. The Balaban J connectivity index is 1.47. The van der Waals surface area contributed by atoms with Gasteiger partial charge in [-0.1, -0.05) is 12.1 Å². The molecular formula is C18H21N5O. The number of aryl methyl sites for hydroxylation is 1. The van der Waals surface area contributed by atoms with Crippen molar-refractivity contribution in [3.05, 3.63) is 47.8 Å². The number of anilines is 1. The summed E-state index contributed by atoms with van der Waals surface area (Å²) in [4.78, 5) is 9.15. The second kappa shape index (κ2) is 6.57. The van der Waals surface area contributed by atoms with Gasteiger partial charge in [-0.2, -0.15) is 0 Å². The SMILES string of the molecule is Cc1cnccc1N1CCCN(Cc2cccc3nonc23)CC1. The topological polar surface area (TPSA) is 58.3 Å². The largest absolute Gasteiger partial charge is 0.370 e. The minimum absolute atomic E-state index is 0.830. The first kappa shape index (κ1) is 15.1. The zero-order valence-electron chi connectivity index (χ0n) is 13.9. The van der Waals surface area contributed by atoms with Gasteiger partial charge >= 0.3 is 0 Å². The van der Waals surface area contributed by atoms with Crippen LogP contribution in [0.1, 0.15) is 17.5 Å². The molecule has 1 aromatic carbocycles. The number of rotatable bonds is 3. The molecular weight excluding hydrogens is 302 g/mol. The summed E-state index contributed by atoms with van der Waals surface area (Å²) in [6.45, 7) is 7.23. The third kappa shape index (κ3) is 2.97. The van der Waals surface area contributed by atoms with Gasteiger partial charge in [0.25, 0.3) is 0 Å². The van der Waals surface area contributed by atoms with Crippen LogP contribution >= 0.6 is 0 Å². The van der Waals surface area contributed by atoms with Crippen LogP contribution in [0.15, 0.2) is 41.3 Å². The second-order valence-corrected chi connectivity index (χ2v) is 6.33. The lowest BCUT2D eigenvalue weighted by Crippen LogP contribution is -2.30. The van der Waals surface area contributed by atoms with Crippen molar-refractivity contribution < 1.29 is 4.63 Å². The Morgan fingerprint density at radius 1 is 1.08 bits per heavy atom. The molecule has 1 fully saturated rings. The molecule has 1 aliphatic rings. The van der Waals surface area contributed by atoms with Crippen LogP contribution in [-0.2, 0) is 6.54 Å². The number of fused-ring (bicyclic) bond motifs is 1. The van der Waals surface area contributed by atoms with Gasteiger partial charge in [-0.05, 0) is 46.9 Å². The Morgan fingerprint density at radius 3 is 2.96 bits per heavy atom. The highest BCUT2D eigenvalue weighted by molar-refractivity contribution is 5.76. The van der Waals surface area contributed by atoms with E-state index in [9.17, 15) is 0 Å². The maximum Gasteiger partial charge on any atom is 0.139 e. The lowest BCUT2D eigenvalue weighted by atomic mass is 10.1. The summed E-state index contributed by atoms with van der Waals surface area (Å²) in [6, 6.07) is 8.19. The molecule has 0 radical (unpaired) electrons. The normalized spacial score (nSPS) is 16.5. The Kier molecular flexibility index (Phi) is 4.13. The zero-order valence-corrected chi connectivity index (χ0v) is 13.9. The van der Waals surface area contributed by atoms with E-state index in [0.29, 0.717) is 0 Å². The Hall–Kier alpha value is -2.47. The monoisotopic (exact) mass is 323 g/mol. The lowest BCUT2D eigenvalue weighted by Gasteiger charge is -2.25. The van der Waals surface area contributed by atoms with E-state index in [-0.39, 0.29) is 0 Å². The van der Waals surface area contributed by atoms with E-state index < -0.39 is 0 Å².